The summed E-state index contributed by atoms with van der Waals surface area (Å²) < 4.78 is 5.35. The van der Waals surface area contributed by atoms with E-state index >= 15 is 0 Å². The van der Waals surface area contributed by atoms with Gasteiger partial charge in [-0.3, -0.25) is 9.59 Å². The smallest absolute Gasteiger partial charge is 0.225 e. The Balaban J connectivity index is 1.54. The van der Waals surface area contributed by atoms with E-state index in [2.05, 4.69) is 11.4 Å². The molecular formula is C20H26N2O3. The Hall–Kier alpha value is -2.30. The number of nitrogens with zero attached hydrogens (tertiary/aromatic N) is 1. The normalized spacial score (nSPS) is 20.4. The van der Waals surface area contributed by atoms with Gasteiger partial charge in [-0.25, -0.2) is 0 Å². The number of para-hydroxylation sites is 1. The SMILES string of the molecule is COc1ccccc1CN1CC(C(=O)NCC2=CCCCC2)CC1=O. The molecule has 0 spiro atoms. The van der Waals surface area contributed by atoms with Crippen molar-refractivity contribution < 1.29 is 14.3 Å². The summed E-state index contributed by atoms with van der Waals surface area (Å²) in [4.78, 5) is 26.5. The lowest BCUT2D eigenvalue weighted by molar-refractivity contribution is -0.129. The highest BCUT2D eigenvalue weighted by molar-refractivity contribution is 5.89. The van der Waals surface area contributed by atoms with Crippen LogP contribution in [-0.2, 0) is 16.1 Å². The third-order valence-corrected chi connectivity index (χ3v) is 5.01. The van der Waals surface area contributed by atoms with Gasteiger partial charge in [-0.05, 0) is 31.7 Å². The maximum atomic E-state index is 12.4. The van der Waals surface area contributed by atoms with E-state index in [9.17, 15) is 9.59 Å². The summed E-state index contributed by atoms with van der Waals surface area (Å²) in [6, 6.07) is 7.68. The molecule has 1 aliphatic heterocycles. The molecule has 1 N–H and O–H groups in total. The first-order valence-electron chi connectivity index (χ1n) is 9.02. The van der Waals surface area contributed by atoms with E-state index < -0.39 is 0 Å². The highest BCUT2D eigenvalue weighted by Crippen LogP contribution is 2.25. The van der Waals surface area contributed by atoms with Crippen LogP contribution in [0, 0.1) is 5.92 Å². The lowest BCUT2D eigenvalue weighted by atomic mass is 9.99. The molecule has 2 aliphatic rings. The average Bonchev–Trinajstić information content (AvgIpc) is 3.02. The first-order valence-corrected chi connectivity index (χ1v) is 9.02. The molecule has 3 rings (SSSR count). The Morgan fingerprint density at radius 2 is 2.16 bits per heavy atom. The lowest BCUT2D eigenvalue weighted by Gasteiger charge is -2.19. The second-order valence-corrected chi connectivity index (χ2v) is 6.81. The van der Waals surface area contributed by atoms with Gasteiger partial charge >= 0.3 is 0 Å². The Morgan fingerprint density at radius 3 is 2.92 bits per heavy atom. The van der Waals surface area contributed by atoms with Gasteiger partial charge in [0.1, 0.15) is 5.75 Å². The molecule has 25 heavy (non-hydrogen) atoms. The number of carbonyl (C=O) groups is 2. The molecule has 1 heterocycles. The zero-order chi connectivity index (χ0) is 17.6. The van der Waals surface area contributed by atoms with E-state index in [4.69, 9.17) is 4.74 Å². The minimum absolute atomic E-state index is 0.0117. The van der Waals surface area contributed by atoms with Crippen LogP contribution in [0.2, 0.25) is 0 Å². The van der Waals surface area contributed by atoms with Crippen molar-refractivity contribution in [2.45, 2.75) is 38.6 Å². The molecule has 1 unspecified atom stereocenters. The maximum Gasteiger partial charge on any atom is 0.225 e. The number of carbonyl (C=O) groups excluding carboxylic acids is 2. The Morgan fingerprint density at radius 1 is 1.32 bits per heavy atom. The first kappa shape index (κ1) is 17.5. The van der Waals surface area contributed by atoms with Crippen LogP contribution in [0.15, 0.2) is 35.9 Å². The van der Waals surface area contributed by atoms with E-state index in [1.54, 1.807) is 12.0 Å². The van der Waals surface area contributed by atoms with Crippen LogP contribution in [0.4, 0.5) is 0 Å². The molecule has 5 nitrogen and oxygen atoms in total. The summed E-state index contributed by atoms with van der Waals surface area (Å²) in [5.74, 6) is 0.532. The molecule has 0 bridgehead atoms. The molecule has 0 saturated carbocycles. The van der Waals surface area contributed by atoms with Crippen molar-refractivity contribution in [1.29, 1.82) is 0 Å². The number of hydrogen-bond acceptors (Lipinski definition) is 3. The van der Waals surface area contributed by atoms with Crippen LogP contribution in [0.3, 0.4) is 0 Å². The molecule has 1 atom stereocenters. The van der Waals surface area contributed by atoms with Crippen molar-refractivity contribution >= 4 is 11.8 Å². The third kappa shape index (κ3) is 4.41. The molecule has 1 saturated heterocycles. The summed E-state index contributed by atoms with van der Waals surface area (Å²) in [5, 5.41) is 3.01. The first-order chi connectivity index (χ1) is 12.2. The largest absolute Gasteiger partial charge is 0.496 e. The molecule has 2 amide bonds. The van der Waals surface area contributed by atoms with Gasteiger partial charge in [0.25, 0.3) is 0 Å². The molecule has 134 valence electrons. The maximum absolute atomic E-state index is 12.4. The molecule has 1 aliphatic carbocycles. The van der Waals surface area contributed by atoms with E-state index in [0.717, 1.165) is 24.2 Å². The molecule has 0 aromatic heterocycles. The zero-order valence-corrected chi connectivity index (χ0v) is 14.8. The quantitative estimate of drug-likeness (QED) is 0.809. The van der Waals surface area contributed by atoms with Gasteiger partial charge < -0.3 is 15.0 Å². The van der Waals surface area contributed by atoms with Gasteiger partial charge in [-0.1, -0.05) is 29.8 Å². The highest BCUT2D eigenvalue weighted by atomic mass is 16.5. The molecular weight excluding hydrogens is 316 g/mol. The van der Waals surface area contributed by atoms with Gasteiger partial charge in [0, 0.05) is 31.6 Å². The number of hydrogen-bond donors (Lipinski definition) is 1. The van der Waals surface area contributed by atoms with E-state index in [0.29, 0.717) is 26.1 Å². The van der Waals surface area contributed by atoms with E-state index in [1.165, 1.54) is 18.4 Å². The summed E-state index contributed by atoms with van der Waals surface area (Å²) in [5.41, 5.74) is 2.28. The van der Waals surface area contributed by atoms with Gasteiger partial charge in [0.2, 0.25) is 11.8 Å². The molecule has 1 fully saturated rings. The standard InChI is InChI=1S/C20H26N2O3/c1-25-18-10-6-5-9-16(18)13-22-14-17(11-19(22)23)20(24)21-12-15-7-3-2-4-8-15/h5-7,9-10,17H,2-4,8,11-14H2,1H3,(H,21,24). The van der Waals surface area contributed by atoms with Gasteiger partial charge in [0.15, 0.2) is 0 Å². The lowest BCUT2D eigenvalue weighted by Crippen LogP contribution is -2.34. The number of benzene rings is 1. The molecule has 1 aromatic carbocycles. The third-order valence-electron chi connectivity index (χ3n) is 5.01. The number of amides is 2. The van der Waals surface area contributed by atoms with Gasteiger partial charge in [-0.2, -0.15) is 0 Å². The van der Waals surface area contributed by atoms with Crippen LogP contribution in [0.1, 0.15) is 37.7 Å². The fourth-order valence-electron chi connectivity index (χ4n) is 3.55. The van der Waals surface area contributed by atoms with E-state index in [1.807, 2.05) is 24.3 Å². The monoisotopic (exact) mass is 342 g/mol. The van der Waals surface area contributed by atoms with Crippen molar-refractivity contribution in [3.63, 3.8) is 0 Å². The Kier molecular flexibility index (Phi) is 5.74. The predicted octanol–water partition coefficient (Wildman–Crippen LogP) is 2.66. The molecule has 0 radical (unpaired) electrons. The minimum atomic E-state index is -0.258. The number of nitrogens with one attached hydrogen (secondary N) is 1. The summed E-state index contributed by atoms with van der Waals surface area (Å²) in [6.45, 7) is 1.58. The molecule has 5 heteroatoms. The van der Waals surface area contributed by atoms with Crippen LogP contribution in [0.25, 0.3) is 0 Å². The molecule has 1 aromatic rings. The second-order valence-electron chi connectivity index (χ2n) is 6.81. The Labute approximate surface area is 149 Å². The second kappa shape index (κ2) is 8.19. The van der Waals surface area contributed by atoms with E-state index in [-0.39, 0.29) is 17.7 Å². The summed E-state index contributed by atoms with van der Waals surface area (Å²) >= 11 is 0. The van der Waals surface area contributed by atoms with Crippen molar-refractivity contribution in [3.05, 3.63) is 41.5 Å². The van der Waals surface area contributed by atoms with Crippen molar-refractivity contribution in [1.82, 2.24) is 10.2 Å². The topological polar surface area (TPSA) is 58.6 Å². The minimum Gasteiger partial charge on any atom is -0.496 e. The van der Waals surface area contributed by atoms with Crippen LogP contribution < -0.4 is 10.1 Å². The summed E-state index contributed by atoms with van der Waals surface area (Å²) in [7, 11) is 1.63. The summed E-state index contributed by atoms with van der Waals surface area (Å²) in [6.07, 6.45) is 7.16. The van der Waals surface area contributed by atoms with Gasteiger partial charge in [0.05, 0.1) is 13.0 Å². The van der Waals surface area contributed by atoms with Crippen molar-refractivity contribution in [2.75, 3.05) is 20.2 Å². The Bertz CT molecular complexity index is 669. The van der Waals surface area contributed by atoms with Crippen molar-refractivity contribution in [3.8, 4) is 5.75 Å². The fraction of sp³-hybridized carbons (Fsp3) is 0.500. The van der Waals surface area contributed by atoms with Crippen LogP contribution in [-0.4, -0.2) is 36.9 Å². The van der Waals surface area contributed by atoms with Crippen molar-refractivity contribution in [2.24, 2.45) is 5.92 Å². The fourth-order valence-corrected chi connectivity index (χ4v) is 3.55. The number of allylic oxidation sites excluding steroid dienone is 1. The number of likely N-dealkylation sites (tertiary alicyclic amines) is 1. The van der Waals surface area contributed by atoms with Gasteiger partial charge in [-0.15, -0.1) is 0 Å². The predicted molar refractivity (Wildman–Crippen MR) is 96.1 cm³/mol. The zero-order valence-electron chi connectivity index (χ0n) is 14.8. The number of rotatable bonds is 6. The van der Waals surface area contributed by atoms with Crippen LogP contribution in [0.5, 0.6) is 5.75 Å². The highest BCUT2D eigenvalue weighted by Gasteiger charge is 2.34. The average molecular weight is 342 g/mol. The number of methoxy groups -OCH3 is 1. The number of ether oxygens (including phenoxy) is 1. The van der Waals surface area contributed by atoms with Crippen LogP contribution >= 0.6 is 0 Å².